The normalized spacial score (nSPS) is 11.0. The van der Waals surface area contributed by atoms with E-state index >= 15 is 0 Å². The Kier molecular flexibility index (Phi) is 10.6. The maximum atomic E-state index is 2.44. The second-order valence-corrected chi connectivity index (χ2v) is 16.5. The molecule has 0 unspecified atom stereocenters. The van der Waals surface area contributed by atoms with Crippen LogP contribution in [0.15, 0.2) is 194 Å². The molecule has 3 heteroatoms. The van der Waals surface area contributed by atoms with Crippen LogP contribution in [0.4, 0.5) is 0 Å². The molecule has 8 aromatic carbocycles. The minimum absolute atomic E-state index is 0. The summed E-state index contributed by atoms with van der Waals surface area (Å²) in [5.41, 5.74) is 2.75. The van der Waals surface area contributed by atoms with Gasteiger partial charge in [0, 0.05) is 27.6 Å². The van der Waals surface area contributed by atoms with Crippen LogP contribution in [-0.4, -0.2) is 0 Å². The predicted molar refractivity (Wildman–Crippen MR) is 214 cm³/mol. The molecule has 0 nitrogen and oxygen atoms in total. The van der Waals surface area contributed by atoms with Crippen LogP contribution in [0.1, 0.15) is 0 Å². The zero-order chi connectivity index (χ0) is 30.7. The SMILES string of the molecule is [CH3-].[Ni].c1ccc([PH+](c2ccccc2)c2ccc3ccccc3c2-c2c([PH+](c3ccccc3)c3ccccc3)ccc3ccccc23)cc1. The van der Waals surface area contributed by atoms with Crippen molar-refractivity contribution >= 4 is 69.2 Å². The van der Waals surface area contributed by atoms with Crippen molar-refractivity contribution in [3.8, 4) is 11.1 Å². The number of rotatable bonds is 7. The fourth-order valence-corrected chi connectivity index (χ4v) is 12.4. The summed E-state index contributed by atoms with van der Waals surface area (Å²) in [6, 6.07) is 72.2. The molecule has 0 radical (unpaired) electrons. The van der Waals surface area contributed by atoms with Crippen molar-refractivity contribution in [1.82, 2.24) is 0 Å². The van der Waals surface area contributed by atoms with Gasteiger partial charge in [0.1, 0.15) is 31.8 Å². The molecule has 236 valence electrons. The third kappa shape index (κ3) is 6.40. The topological polar surface area (TPSA) is 0 Å². The third-order valence-electron chi connectivity index (χ3n) is 8.90. The van der Waals surface area contributed by atoms with Crippen molar-refractivity contribution in [2.75, 3.05) is 0 Å². The second-order valence-electron chi connectivity index (χ2n) is 11.6. The second kappa shape index (κ2) is 15.2. The first-order chi connectivity index (χ1) is 22.9. The molecule has 0 aliphatic heterocycles. The summed E-state index contributed by atoms with van der Waals surface area (Å²) in [7, 11) is -2.74. The van der Waals surface area contributed by atoms with Crippen LogP contribution < -0.4 is 31.8 Å². The van der Waals surface area contributed by atoms with Gasteiger partial charge in [0.05, 0.1) is 15.8 Å². The minimum atomic E-state index is -1.37. The number of hydrogen-bond donors (Lipinski definition) is 0. The zero-order valence-electron chi connectivity index (χ0n) is 26.8. The Bertz CT molecular complexity index is 2010. The van der Waals surface area contributed by atoms with E-state index in [1.807, 2.05) is 0 Å². The number of hydrogen-bond acceptors (Lipinski definition) is 0. The Balaban J connectivity index is 0.00000201. The number of benzene rings is 8. The molecule has 0 saturated carbocycles. The molecular formula is C45H37NiP2+. The van der Waals surface area contributed by atoms with Gasteiger partial charge in [-0.1, -0.05) is 133 Å². The molecule has 8 rings (SSSR count). The van der Waals surface area contributed by atoms with E-state index in [0.717, 1.165) is 0 Å². The Morgan fingerprint density at radius 2 is 0.542 bits per heavy atom. The van der Waals surface area contributed by atoms with Crippen LogP contribution in [0.5, 0.6) is 0 Å². The maximum absolute atomic E-state index is 2.44. The van der Waals surface area contributed by atoms with Gasteiger partial charge in [-0.15, -0.1) is 0 Å². The van der Waals surface area contributed by atoms with Crippen molar-refractivity contribution in [3.05, 3.63) is 202 Å². The Labute approximate surface area is 296 Å². The van der Waals surface area contributed by atoms with Crippen LogP contribution in [0, 0.1) is 7.43 Å². The van der Waals surface area contributed by atoms with Crippen molar-refractivity contribution in [3.63, 3.8) is 0 Å². The largest absolute Gasteiger partial charge is 0.358 e. The van der Waals surface area contributed by atoms with Crippen LogP contribution >= 0.6 is 15.8 Å². The average molecular weight is 698 g/mol. The van der Waals surface area contributed by atoms with Gasteiger partial charge in [0.25, 0.3) is 0 Å². The van der Waals surface area contributed by atoms with Gasteiger partial charge in [-0.25, -0.2) is 0 Å². The summed E-state index contributed by atoms with van der Waals surface area (Å²) < 4.78 is 0. The molecule has 0 atom stereocenters. The quantitative estimate of drug-likeness (QED) is 0.0886. The van der Waals surface area contributed by atoms with E-state index < -0.39 is 15.8 Å². The van der Waals surface area contributed by atoms with E-state index in [0.29, 0.717) is 0 Å². The summed E-state index contributed by atoms with van der Waals surface area (Å²) in [5, 5.41) is 13.6. The fraction of sp³-hybridized carbons (Fsp3) is 0. The maximum Gasteiger partial charge on any atom is 0.111 e. The van der Waals surface area contributed by atoms with Crippen LogP contribution in [-0.2, 0) is 16.5 Å². The van der Waals surface area contributed by atoms with Gasteiger partial charge in [0.15, 0.2) is 0 Å². The van der Waals surface area contributed by atoms with E-state index in [4.69, 9.17) is 0 Å². The van der Waals surface area contributed by atoms with E-state index in [1.165, 1.54) is 64.5 Å². The molecule has 0 spiro atoms. The molecule has 0 aliphatic carbocycles. The van der Waals surface area contributed by atoms with Gasteiger partial charge >= 0.3 is 0 Å². The van der Waals surface area contributed by atoms with Gasteiger partial charge in [-0.3, -0.25) is 0 Å². The monoisotopic (exact) mass is 697 g/mol. The smallest absolute Gasteiger partial charge is 0.111 e. The van der Waals surface area contributed by atoms with Crippen molar-refractivity contribution in [2.45, 2.75) is 0 Å². The average Bonchev–Trinajstić information content (AvgIpc) is 3.14. The summed E-state index contributed by atoms with van der Waals surface area (Å²) in [6.07, 6.45) is 0. The van der Waals surface area contributed by atoms with Crippen LogP contribution in [0.25, 0.3) is 32.7 Å². The molecule has 48 heavy (non-hydrogen) atoms. The van der Waals surface area contributed by atoms with Crippen molar-refractivity contribution in [2.24, 2.45) is 0 Å². The Morgan fingerprint density at radius 3 is 0.854 bits per heavy atom. The van der Waals surface area contributed by atoms with E-state index in [9.17, 15) is 0 Å². The molecule has 8 aromatic rings. The summed E-state index contributed by atoms with van der Waals surface area (Å²) in [4.78, 5) is 0. The van der Waals surface area contributed by atoms with Crippen molar-refractivity contribution < 1.29 is 16.5 Å². The van der Waals surface area contributed by atoms with Gasteiger partial charge < -0.3 is 7.43 Å². The van der Waals surface area contributed by atoms with Gasteiger partial charge in [-0.05, 0) is 82.2 Å². The molecular weight excluding hydrogens is 661 g/mol. The van der Waals surface area contributed by atoms with E-state index in [2.05, 4.69) is 194 Å². The molecule has 0 fully saturated rings. The standard InChI is InChI=1S/C44H32P2.CH3.Ni/c1-5-19-35(20-6-1)45(36-21-7-2-8-22-36)41-31-29-33-17-13-15-27-39(33)43(41)44-40-28-16-14-18-34(40)30-32-42(44)46(37-23-9-3-10-24-37)38-25-11-4-12-26-38;;/h1-32H;1H3;/q;-1;/p+2. The van der Waals surface area contributed by atoms with E-state index in [-0.39, 0.29) is 23.9 Å². The third-order valence-corrected chi connectivity index (χ3v) is 14.4. The molecule has 0 aromatic heterocycles. The Hall–Kier alpha value is -4.37. The first-order valence-corrected chi connectivity index (χ1v) is 18.9. The van der Waals surface area contributed by atoms with Gasteiger partial charge in [-0.2, -0.15) is 0 Å². The number of fused-ring (bicyclic) bond motifs is 2. The Morgan fingerprint density at radius 1 is 0.271 bits per heavy atom. The predicted octanol–water partition coefficient (Wildman–Crippen LogP) is 9.09. The summed E-state index contributed by atoms with van der Waals surface area (Å²) >= 11 is 0. The summed E-state index contributed by atoms with van der Waals surface area (Å²) in [5.74, 6) is 0. The molecule has 0 aliphatic rings. The van der Waals surface area contributed by atoms with Crippen LogP contribution in [0.3, 0.4) is 0 Å². The van der Waals surface area contributed by atoms with Crippen molar-refractivity contribution in [1.29, 1.82) is 0 Å². The summed E-state index contributed by atoms with van der Waals surface area (Å²) in [6.45, 7) is 0. The molecule has 0 saturated heterocycles. The van der Waals surface area contributed by atoms with E-state index in [1.54, 1.807) is 0 Å². The van der Waals surface area contributed by atoms with Gasteiger partial charge in [0.2, 0.25) is 0 Å². The molecule has 0 N–H and O–H groups in total. The minimum Gasteiger partial charge on any atom is -0.358 e. The van der Waals surface area contributed by atoms with Crippen LogP contribution in [0.2, 0.25) is 0 Å². The molecule has 0 bridgehead atoms. The molecule has 0 heterocycles. The fourth-order valence-electron chi connectivity index (χ4n) is 6.87. The first-order valence-electron chi connectivity index (χ1n) is 15.9. The molecule has 0 amide bonds. The first kappa shape index (κ1) is 33.5. The zero-order valence-corrected chi connectivity index (χ0v) is 29.8.